The van der Waals surface area contributed by atoms with Crippen LogP contribution in [0, 0.1) is 5.82 Å². The molecule has 0 fully saturated rings. The zero-order chi connectivity index (χ0) is 9.84. The van der Waals surface area contributed by atoms with Crippen LogP contribution in [0.4, 0.5) is 4.39 Å². The molecule has 0 aliphatic heterocycles. The number of nitrogens with two attached hydrogens (primary N) is 1. The zero-order valence-corrected chi connectivity index (χ0v) is 8.03. The van der Waals surface area contributed by atoms with Crippen LogP contribution in [-0.4, -0.2) is 12.1 Å². The van der Waals surface area contributed by atoms with Crippen molar-refractivity contribution in [3.05, 3.63) is 29.6 Å². The number of methoxy groups -OCH3 is 1. The normalized spacial score (nSPS) is 9.69. The molecule has 0 aliphatic rings. The summed E-state index contributed by atoms with van der Waals surface area (Å²) in [5.41, 5.74) is 5.74. The van der Waals surface area contributed by atoms with Gasteiger partial charge in [0.25, 0.3) is 0 Å². The lowest BCUT2D eigenvalue weighted by Gasteiger charge is -2.07. The van der Waals surface area contributed by atoms with Crippen molar-refractivity contribution in [3.63, 3.8) is 0 Å². The van der Waals surface area contributed by atoms with E-state index >= 15 is 0 Å². The van der Waals surface area contributed by atoms with E-state index in [1.165, 1.54) is 13.2 Å². The van der Waals surface area contributed by atoms with Crippen molar-refractivity contribution >= 4 is 17.2 Å². The average molecular weight is 199 g/mol. The van der Waals surface area contributed by atoms with Gasteiger partial charge < -0.3 is 10.5 Å². The van der Waals surface area contributed by atoms with E-state index in [9.17, 15) is 4.39 Å². The fourth-order valence-electron chi connectivity index (χ4n) is 1.08. The van der Waals surface area contributed by atoms with E-state index in [4.69, 9.17) is 22.7 Å². The Kier molecular flexibility index (Phi) is 3.19. The Balaban J connectivity index is 3.07. The fraction of sp³-hybridized carbons (Fsp3) is 0.222. The molecule has 0 heterocycles. The number of rotatable bonds is 3. The van der Waals surface area contributed by atoms with Gasteiger partial charge in [-0.1, -0.05) is 18.3 Å². The van der Waals surface area contributed by atoms with Crippen LogP contribution < -0.4 is 10.5 Å². The number of halogens is 1. The molecule has 0 saturated carbocycles. The second-order valence-electron chi connectivity index (χ2n) is 2.56. The molecule has 0 amide bonds. The van der Waals surface area contributed by atoms with E-state index in [-0.39, 0.29) is 17.2 Å². The van der Waals surface area contributed by atoms with E-state index in [1.807, 2.05) is 0 Å². The zero-order valence-electron chi connectivity index (χ0n) is 7.21. The number of hydrogen-bond donors (Lipinski definition) is 1. The van der Waals surface area contributed by atoms with Gasteiger partial charge in [-0.2, -0.15) is 0 Å². The van der Waals surface area contributed by atoms with Crippen molar-refractivity contribution in [1.82, 2.24) is 0 Å². The minimum Gasteiger partial charge on any atom is -0.496 e. The predicted octanol–water partition coefficient (Wildman–Crippen LogP) is 1.66. The van der Waals surface area contributed by atoms with Gasteiger partial charge >= 0.3 is 0 Å². The summed E-state index contributed by atoms with van der Waals surface area (Å²) in [4.78, 5) is 0.253. The average Bonchev–Trinajstić information content (AvgIpc) is 2.08. The van der Waals surface area contributed by atoms with Crippen molar-refractivity contribution in [2.45, 2.75) is 6.42 Å². The molecule has 1 aromatic rings. The van der Waals surface area contributed by atoms with Gasteiger partial charge in [0, 0.05) is 12.0 Å². The van der Waals surface area contributed by atoms with Gasteiger partial charge in [-0.3, -0.25) is 0 Å². The van der Waals surface area contributed by atoms with E-state index in [1.54, 1.807) is 12.1 Å². The van der Waals surface area contributed by atoms with Gasteiger partial charge in [-0.05, 0) is 12.1 Å². The first-order chi connectivity index (χ1) is 6.15. The van der Waals surface area contributed by atoms with Gasteiger partial charge in [0.1, 0.15) is 11.6 Å². The highest BCUT2D eigenvalue weighted by molar-refractivity contribution is 7.80. The van der Waals surface area contributed by atoms with E-state index in [2.05, 4.69) is 0 Å². The van der Waals surface area contributed by atoms with Gasteiger partial charge in [-0.25, -0.2) is 4.39 Å². The van der Waals surface area contributed by atoms with Crippen LogP contribution in [0.3, 0.4) is 0 Å². The fourth-order valence-corrected chi connectivity index (χ4v) is 1.22. The minimum absolute atomic E-state index is 0.227. The lowest BCUT2D eigenvalue weighted by Crippen LogP contribution is -2.13. The Morgan fingerprint density at radius 3 is 2.85 bits per heavy atom. The summed E-state index contributed by atoms with van der Waals surface area (Å²) in [7, 11) is 1.48. The van der Waals surface area contributed by atoms with E-state index in [0.29, 0.717) is 11.3 Å². The number of benzene rings is 1. The Bertz CT molecular complexity index is 327. The second kappa shape index (κ2) is 4.18. The Hall–Kier alpha value is -1.16. The van der Waals surface area contributed by atoms with Gasteiger partial charge in [0.05, 0.1) is 12.1 Å². The number of hydrogen-bond acceptors (Lipinski definition) is 2. The second-order valence-corrected chi connectivity index (χ2v) is 3.09. The molecular formula is C9H10FNOS. The maximum atomic E-state index is 13.2. The van der Waals surface area contributed by atoms with Gasteiger partial charge in [0.15, 0.2) is 0 Å². The Labute approximate surface area is 81.5 Å². The highest BCUT2D eigenvalue weighted by atomic mass is 32.1. The molecule has 0 aliphatic carbocycles. The summed E-state index contributed by atoms with van der Waals surface area (Å²) >= 11 is 4.70. The molecule has 0 saturated heterocycles. The molecule has 0 spiro atoms. The molecule has 0 aromatic heterocycles. The lowest BCUT2D eigenvalue weighted by atomic mass is 10.1. The van der Waals surface area contributed by atoms with E-state index in [0.717, 1.165) is 0 Å². The SMILES string of the molecule is COc1cccc(F)c1CC(N)=S. The molecule has 4 heteroatoms. The molecular weight excluding hydrogens is 189 g/mol. The summed E-state index contributed by atoms with van der Waals surface area (Å²) in [6.07, 6.45) is 0.227. The third kappa shape index (κ3) is 2.39. The van der Waals surface area contributed by atoms with Crippen molar-refractivity contribution < 1.29 is 9.13 Å². The van der Waals surface area contributed by atoms with Crippen LogP contribution in [0.5, 0.6) is 5.75 Å². The van der Waals surface area contributed by atoms with Crippen LogP contribution in [0.15, 0.2) is 18.2 Å². The summed E-state index contributed by atoms with van der Waals surface area (Å²) < 4.78 is 18.2. The topological polar surface area (TPSA) is 35.2 Å². The van der Waals surface area contributed by atoms with Crippen molar-refractivity contribution in [2.75, 3.05) is 7.11 Å². The molecule has 2 nitrogen and oxygen atoms in total. The Morgan fingerprint density at radius 1 is 1.62 bits per heavy atom. The number of thiocarbonyl (C=S) groups is 1. The van der Waals surface area contributed by atoms with Crippen molar-refractivity contribution in [1.29, 1.82) is 0 Å². The molecule has 1 aromatic carbocycles. The molecule has 0 radical (unpaired) electrons. The van der Waals surface area contributed by atoms with Crippen LogP contribution >= 0.6 is 12.2 Å². The standard InChI is InChI=1S/C9H10FNOS/c1-12-8-4-2-3-7(10)6(8)5-9(11)13/h2-4H,5H2,1H3,(H2,11,13). The van der Waals surface area contributed by atoms with Crippen molar-refractivity contribution in [2.24, 2.45) is 5.73 Å². The molecule has 2 N–H and O–H groups in total. The maximum Gasteiger partial charge on any atom is 0.130 e. The monoisotopic (exact) mass is 199 g/mol. The minimum atomic E-state index is -0.341. The predicted molar refractivity (Wildman–Crippen MR) is 53.4 cm³/mol. The van der Waals surface area contributed by atoms with Crippen LogP contribution in [-0.2, 0) is 6.42 Å². The number of ether oxygens (including phenoxy) is 1. The maximum absolute atomic E-state index is 13.2. The van der Waals surface area contributed by atoms with Crippen molar-refractivity contribution in [3.8, 4) is 5.75 Å². The lowest BCUT2D eigenvalue weighted by molar-refractivity contribution is 0.406. The summed E-state index contributed by atoms with van der Waals surface area (Å²) in [5, 5.41) is 0. The molecule has 70 valence electrons. The molecule has 0 bridgehead atoms. The first-order valence-corrected chi connectivity index (χ1v) is 4.15. The first kappa shape index (κ1) is 9.92. The summed E-state index contributed by atoms with van der Waals surface area (Å²) in [6.45, 7) is 0. The summed E-state index contributed by atoms with van der Waals surface area (Å²) in [6, 6.07) is 4.62. The van der Waals surface area contributed by atoms with Gasteiger partial charge in [0.2, 0.25) is 0 Å². The molecule has 13 heavy (non-hydrogen) atoms. The smallest absolute Gasteiger partial charge is 0.130 e. The molecule has 0 atom stereocenters. The highest BCUT2D eigenvalue weighted by Crippen LogP contribution is 2.21. The first-order valence-electron chi connectivity index (χ1n) is 3.75. The van der Waals surface area contributed by atoms with Crippen LogP contribution in [0.25, 0.3) is 0 Å². The Morgan fingerprint density at radius 2 is 2.31 bits per heavy atom. The third-order valence-corrected chi connectivity index (χ3v) is 1.79. The van der Waals surface area contributed by atoms with Crippen LogP contribution in [0.2, 0.25) is 0 Å². The summed E-state index contributed by atoms with van der Waals surface area (Å²) in [5.74, 6) is 0.139. The third-order valence-electron chi connectivity index (χ3n) is 1.65. The molecule has 0 unspecified atom stereocenters. The quantitative estimate of drug-likeness (QED) is 0.752. The van der Waals surface area contributed by atoms with Crippen LogP contribution in [0.1, 0.15) is 5.56 Å². The largest absolute Gasteiger partial charge is 0.496 e. The highest BCUT2D eigenvalue weighted by Gasteiger charge is 2.09. The van der Waals surface area contributed by atoms with E-state index < -0.39 is 0 Å². The van der Waals surface area contributed by atoms with Gasteiger partial charge in [-0.15, -0.1) is 0 Å². The molecule has 1 rings (SSSR count).